The SMILES string of the molecule is COCCN(C)c1cc(C(=O)Oc2cccc(-n3cccn3)c2)nc(N2CCOCC2)n1. The number of benzene rings is 1. The van der Waals surface area contributed by atoms with Crippen LogP contribution in [-0.2, 0) is 9.47 Å². The topological polar surface area (TPSA) is 94.8 Å². The maximum absolute atomic E-state index is 13.0. The number of aromatic nitrogens is 4. The lowest BCUT2D eigenvalue weighted by Crippen LogP contribution is -2.38. The van der Waals surface area contributed by atoms with E-state index in [0.29, 0.717) is 57.0 Å². The fraction of sp³-hybridized carbons (Fsp3) is 0.364. The smallest absolute Gasteiger partial charge is 0.362 e. The second-order valence-corrected chi connectivity index (χ2v) is 7.26. The lowest BCUT2D eigenvalue weighted by Gasteiger charge is -2.28. The minimum atomic E-state index is -0.555. The second-order valence-electron chi connectivity index (χ2n) is 7.26. The van der Waals surface area contributed by atoms with E-state index < -0.39 is 5.97 Å². The average molecular weight is 438 g/mol. The number of nitrogens with zero attached hydrogens (tertiary/aromatic N) is 6. The molecule has 0 radical (unpaired) electrons. The Balaban J connectivity index is 1.59. The molecule has 0 spiro atoms. The summed E-state index contributed by atoms with van der Waals surface area (Å²) in [6.45, 7) is 3.65. The van der Waals surface area contributed by atoms with Gasteiger partial charge in [-0.3, -0.25) is 0 Å². The van der Waals surface area contributed by atoms with Crippen molar-refractivity contribution in [3.8, 4) is 11.4 Å². The Morgan fingerprint density at radius 2 is 2.03 bits per heavy atom. The van der Waals surface area contributed by atoms with Crippen LogP contribution in [0.1, 0.15) is 10.5 Å². The minimum absolute atomic E-state index is 0.185. The van der Waals surface area contributed by atoms with E-state index in [9.17, 15) is 4.79 Å². The van der Waals surface area contributed by atoms with E-state index in [2.05, 4.69) is 15.1 Å². The summed E-state index contributed by atoms with van der Waals surface area (Å²) in [6.07, 6.45) is 3.51. The molecule has 0 N–H and O–H groups in total. The van der Waals surface area contributed by atoms with Gasteiger partial charge in [0.15, 0.2) is 5.69 Å². The first-order chi connectivity index (χ1) is 15.6. The third kappa shape index (κ3) is 5.21. The van der Waals surface area contributed by atoms with E-state index in [0.717, 1.165) is 5.69 Å². The molecule has 10 heteroatoms. The molecule has 0 saturated carbocycles. The number of esters is 1. The van der Waals surface area contributed by atoms with Gasteiger partial charge in [-0.1, -0.05) is 6.07 Å². The molecular formula is C22H26N6O4. The molecule has 1 aliphatic rings. The molecule has 3 heterocycles. The van der Waals surface area contributed by atoms with Crippen LogP contribution in [0.4, 0.5) is 11.8 Å². The Morgan fingerprint density at radius 3 is 2.78 bits per heavy atom. The van der Waals surface area contributed by atoms with Crippen LogP contribution in [0.2, 0.25) is 0 Å². The Kier molecular flexibility index (Phi) is 6.93. The van der Waals surface area contributed by atoms with Gasteiger partial charge in [-0.15, -0.1) is 0 Å². The zero-order valence-corrected chi connectivity index (χ0v) is 18.2. The fourth-order valence-corrected chi connectivity index (χ4v) is 3.24. The number of morpholine rings is 1. The van der Waals surface area contributed by atoms with Crippen molar-refractivity contribution in [1.29, 1.82) is 0 Å². The molecule has 168 valence electrons. The van der Waals surface area contributed by atoms with Crippen molar-refractivity contribution < 1.29 is 19.0 Å². The quantitative estimate of drug-likeness (QED) is 0.385. The summed E-state index contributed by atoms with van der Waals surface area (Å²) in [5.41, 5.74) is 0.974. The monoisotopic (exact) mass is 438 g/mol. The van der Waals surface area contributed by atoms with Crippen LogP contribution < -0.4 is 14.5 Å². The zero-order valence-electron chi connectivity index (χ0n) is 18.2. The average Bonchev–Trinajstić information content (AvgIpc) is 3.38. The van der Waals surface area contributed by atoms with E-state index in [1.807, 2.05) is 41.2 Å². The lowest BCUT2D eigenvalue weighted by molar-refractivity contribution is 0.0728. The van der Waals surface area contributed by atoms with Crippen molar-refractivity contribution >= 4 is 17.7 Å². The lowest BCUT2D eigenvalue weighted by atomic mass is 10.3. The van der Waals surface area contributed by atoms with Crippen molar-refractivity contribution in [2.75, 3.05) is 63.4 Å². The molecule has 1 aromatic carbocycles. The van der Waals surface area contributed by atoms with Gasteiger partial charge >= 0.3 is 5.97 Å². The zero-order chi connectivity index (χ0) is 22.3. The normalized spacial score (nSPS) is 13.8. The molecule has 0 unspecified atom stereocenters. The predicted molar refractivity (Wildman–Crippen MR) is 119 cm³/mol. The van der Waals surface area contributed by atoms with Crippen LogP contribution in [0.5, 0.6) is 5.75 Å². The molecule has 4 rings (SSSR count). The predicted octanol–water partition coefficient (Wildman–Crippen LogP) is 1.80. The van der Waals surface area contributed by atoms with Gasteiger partial charge in [0.25, 0.3) is 0 Å². The molecule has 3 aromatic rings. The van der Waals surface area contributed by atoms with Gasteiger partial charge in [-0.2, -0.15) is 10.1 Å². The van der Waals surface area contributed by atoms with Crippen LogP contribution in [0.3, 0.4) is 0 Å². The number of carbonyl (C=O) groups is 1. The number of rotatable bonds is 8. The molecule has 2 aromatic heterocycles. The van der Waals surface area contributed by atoms with Gasteiger partial charge in [0, 0.05) is 58.3 Å². The Labute approximate surface area is 186 Å². The van der Waals surface area contributed by atoms with Gasteiger partial charge in [0.1, 0.15) is 11.6 Å². The number of hydrogen-bond acceptors (Lipinski definition) is 9. The van der Waals surface area contributed by atoms with Gasteiger partial charge in [-0.25, -0.2) is 14.5 Å². The highest BCUT2D eigenvalue weighted by atomic mass is 16.5. The Bertz CT molecular complexity index is 1040. The highest BCUT2D eigenvalue weighted by molar-refractivity contribution is 5.90. The number of likely N-dealkylation sites (N-methyl/N-ethyl adjacent to an activating group) is 1. The molecular weight excluding hydrogens is 412 g/mol. The summed E-state index contributed by atoms with van der Waals surface area (Å²) in [7, 11) is 3.54. The maximum Gasteiger partial charge on any atom is 0.362 e. The highest BCUT2D eigenvalue weighted by Gasteiger charge is 2.21. The van der Waals surface area contributed by atoms with Gasteiger partial charge in [0.2, 0.25) is 5.95 Å². The molecule has 1 saturated heterocycles. The van der Waals surface area contributed by atoms with Crippen LogP contribution in [0, 0.1) is 0 Å². The standard InChI is InChI=1S/C22H26N6O4/c1-26(9-12-30-2)20-16-19(24-22(25-20)27-10-13-31-14-11-27)21(29)32-18-6-3-5-17(15-18)28-8-4-7-23-28/h3-8,15-16H,9-14H2,1-2H3. The first-order valence-corrected chi connectivity index (χ1v) is 10.4. The van der Waals surface area contributed by atoms with Crippen LogP contribution in [0.15, 0.2) is 48.8 Å². The van der Waals surface area contributed by atoms with Crippen molar-refractivity contribution in [1.82, 2.24) is 19.7 Å². The molecule has 0 aliphatic carbocycles. The van der Waals surface area contributed by atoms with Gasteiger partial charge in [0.05, 0.1) is 25.5 Å². The summed E-state index contributed by atoms with van der Waals surface area (Å²) >= 11 is 0. The van der Waals surface area contributed by atoms with Crippen molar-refractivity contribution in [3.05, 3.63) is 54.5 Å². The van der Waals surface area contributed by atoms with Crippen LogP contribution in [-0.4, -0.2) is 79.3 Å². The fourth-order valence-electron chi connectivity index (χ4n) is 3.24. The maximum atomic E-state index is 13.0. The minimum Gasteiger partial charge on any atom is -0.422 e. The van der Waals surface area contributed by atoms with E-state index in [1.165, 1.54) is 0 Å². The largest absolute Gasteiger partial charge is 0.422 e. The first kappa shape index (κ1) is 21.7. The summed E-state index contributed by atoms with van der Waals surface area (Å²) in [6, 6.07) is 10.6. The molecule has 10 nitrogen and oxygen atoms in total. The third-order valence-corrected chi connectivity index (χ3v) is 5.02. The number of hydrogen-bond donors (Lipinski definition) is 0. The molecule has 1 aliphatic heterocycles. The van der Waals surface area contributed by atoms with Crippen LogP contribution in [0.25, 0.3) is 5.69 Å². The Hall–Kier alpha value is -3.50. The summed E-state index contributed by atoms with van der Waals surface area (Å²) in [5, 5.41) is 4.21. The highest BCUT2D eigenvalue weighted by Crippen LogP contribution is 2.21. The summed E-state index contributed by atoms with van der Waals surface area (Å²) in [4.78, 5) is 26.1. The number of methoxy groups -OCH3 is 1. The van der Waals surface area contributed by atoms with Gasteiger partial charge in [-0.05, 0) is 18.2 Å². The first-order valence-electron chi connectivity index (χ1n) is 10.4. The van der Waals surface area contributed by atoms with Gasteiger partial charge < -0.3 is 24.0 Å². The van der Waals surface area contributed by atoms with Crippen molar-refractivity contribution in [2.45, 2.75) is 0 Å². The third-order valence-electron chi connectivity index (χ3n) is 5.02. The van der Waals surface area contributed by atoms with E-state index in [-0.39, 0.29) is 5.69 Å². The molecule has 32 heavy (non-hydrogen) atoms. The molecule has 0 bridgehead atoms. The van der Waals surface area contributed by atoms with Crippen molar-refractivity contribution in [3.63, 3.8) is 0 Å². The molecule has 0 atom stereocenters. The summed E-state index contributed by atoms with van der Waals surface area (Å²) < 4.78 is 17.9. The number of ether oxygens (including phenoxy) is 3. The number of carbonyl (C=O) groups excluding carboxylic acids is 1. The van der Waals surface area contributed by atoms with E-state index in [1.54, 1.807) is 36.2 Å². The summed E-state index contributed by atoms with van der Waals surface area (Å²) in [5.74, 6) is 0.952. The van der Waals surface area contributed by atoms with Crippen molar-refractivity contribution in [2.24, 2.45) is 0 Å². The van der Waals surface area contributed by atoms with E-state index >= 15 is 0 Å². The van der Waals surface area contributed by atoms with Crippen LogP contribution >= 0.6 is 0 Å². The Morgan fingerprint density at radius 1 is 1.19 bits per heavy atom. The second kappa shape index (κ2) is 10.2. The number of anilines is 2. The molecule has 1 fully saturated rings. The van der Waals surface area contributed by atoms with E-state index in [4.69, 9.17) is 14.2 Å². The molecule has 0 amide bonds.